The summed E-state index contributed by atoms with van der Waals surface area (Å²) >= 11 is 4.82. The van der Waals surface area contributed by atoms with Gasteiger partial charge in [-0.15, -0.1) is 11.3 Å². The number of hydrogen-bond donors (Lipinski definition) is 3. The van der Waals surface area contributed by atoms with Gasteiger partial charge in [-0.05, 0) is 40.9 Å². The van der Waals surface area contributed by atoms with Gasteiger partial charge in [0, 0.05) is 17.7 Å². The van der Waals surface area contributed by atoms with Gasteiger partial charge in [-0.3, -0.25) is 14.9 Å². The van der Waals surface area contributed by atoms with Gasteiger partial charge in [-0.1, -0.05) is 0 Å². The van der Waals surface area contributed by atoms with Crippen LogP contribution in [-0.2, 0) is 16.1 Å². The molecule has 0 aliphatic carbocycles. The van der Waals surface area contributed by atoms with Gasteiger partial charge in [0.05, 0.1) is 10.3 Å². The molecule has 0 fully saturated rings. The topological polar surface area (TPSA) is 95.5 Å². The highest BCUT2D eigenvalue weighted by Crippen LogP contribution is 2.21. The number of carboxylic acids is 1. The summed E-state index contributed by atoms with van der Waals surface area (Å²) in [5.74, 6) is -1.29. The van der Waals surface area contributed by atoms with Crippen LogP contribution in [-0.4, -0.2) is 23.0 Å². The van der Waals surface area contributed by atoms with Gasteiger partial charge in [-0.25, -0.2) is 4.79 Å². The third kappa shape index (κ3) is 7.25. The molecule has 0 spiro atoms. The Morgan fingerprint density at radius 3 is 2.50 bits per heavy atom. The van der Waals surface area contributed by atoms with Crippen molar-refractivity contribution < 1.29 is 19.5 Å². The predicted octanol–water partition coefficient (Wildman–Crippen LogP) is 2.48. The first-order valence-corrected chi connectivity index (χ1v) is 7.62. The Balaban J connectivity index is 2.14. The zero-order chi connectivity index (χ0) is 15.0. The smallest absolute Gasteiger partial charge is 0.321 e. The maximum Gasteiger partial charge on any atom is 0.321 e. The molecular formula is C12H15BrN2O4S. The average Bonchev–Trinajstić information content (AvgIpc) is 2.78. The van der Waals surface area contributed by atoms with E-state index in [0.29, 0.717) is 19.4 Å². The van der Waals surface area contributed by atoms with Gasteiger partial charge in [0.1, 0.15) is 0 Å². The van der Waals surface area contributed by atoms with Crippen LogP contribution in [0, 0.1) is 0 Å². The van der Waals surface area contributed by atoms with Crippen LogP contribution < -0.4 is 10.6 Å². The van der Waals surface area contributed by atoms with E-state index in [9.17, 15) is 14.4 Å². The van der Waals surface area contributed by atoms with Crippen molar-refractivity contribution in [1.82, 2.24) is 10.6 Å². The Morgan fingerprint density at radius 1 is 1.20 bits per heavy atom. The zero-order valence-corrected chi connectivity index (χ0v) is 13.1. The highest BCUT2D eigenvalue weighted by molar-refractivity contribution is 9.11. The lowest BCUT2D eigenvalue weighted by Gasteiger charge is -2.05. The summed E-state index contributed by atoms with van der Waals surface area (Å²) in [6.07, 6.45) is 1.05. The first kappa shape index (κ1) is 16.6. The lowest BCUT2D eigenvalue weighted by molar-refractivity contribution is -0.137. The van der Waals surface area contributed by atoms with E-state index in [-0.39, 0.29) is 12.8 Å². The number of nitrogens with one attached hydrogen (secondary N) is 2. The van der Waals surface area contributed by atoms with Crippen LogP contribution >= 0.6 is 27.3 Å². The van der Waals surface area contributed by atoms with Crippen molar-refractivity contribution in [3.63, 3.8) is 0 Å². The molecule has 6 nitrogen and oxygen atoms in total. The van der Waals surface area contributed by atoms with E-state index in [1.165, 1.54) is 11.3 Å². The van der Waals surface area contributed by atoms with Crippen molar-refractivity contribution in [3.05, 3.63) is 20.8 Å². The fraction of sp³-hybridized carbons (Fsp3) is 0.417. The molecule has 1 heterocycles. The summed E-state index contributed by atoms with van der Waals surface area (Å²) in [5.41, 5.74) is 0. The molecule has 0 saturated carbocycles. The molecule has 0 saturated heterocycles. The lowest BCUT2D eigenvalue weighted by Crippen LogP contribution is -2.38. The van der Waals surface area contributed by atoms with Gasteiger partial charge in [0.2, 0.25) is 5.91 Å². The maximum atomic E-state index is 11.4. The normalized spacial score (nSPS) is 10.1. The highest BCUT2D eigenvalue weighted by Gasteiger charge is 2.08. The molecule has 0 unspecified atom stereocenters. The molecule has 20 heavy (non-hydrogen) atoms. The Labute approximate surface area is 128 Å². The standard InChI is InChI=1S/C12H15BrN2O4S/c13-9-6-5-8(20-9)7-14-12(19)15-10(16)3-1-2-4-11(17)18/h5-6H,1-4,7H2,(H,17,18)(H2,14,15,16,19). The van der Waals surface area contributed by atoms with Crippen molar-refractivity contribution in [2.45, 2.75) is 32.2 Å². The molecule has 1 aromatic rings. The molecule has 0 radical (unpaired) electrons. The summed E-state index contributed by atoms with van der Waals surface area (Å²) < 4.78 is 0.976. The van der Waals surface area contributed by atoms with Crippen molar-refractivity contribution >= 4 is 45.2 Å². The summed E-state index contributed by atoms with van der Waals surface area (Å²) in [4.78, 5) is 34.1. The minimum atomic E-state index is -0.884. The molecule has 3 amide bonds. The number of hydrogen-bond acceptors (Lipinski definition) is 4. The van der Waals surface area contributed by atoms with E-state index in [2.05, 4.69) is 26.6 Å². The third-order valence-corrected chi connectivity index (χ3v) is 3.97. The van der Waals surface area contributed by atoms with Gasteiger partial charge < -0.3 is 10.4 Å². The number of carboxylic acid groups (broad SMARTS) is 1. The largest absolute Gasteiger partial charge is 0.481 e. The van der Waals surface area contributed by atoms with Crippen LogP contribution in [0.15, 0.2) is 15.9 Å². The fourth-order valence-electron chi connectivity index (χ4n) is 1.41. The summed E-state index contributed by atoms with van der Waals surface area (Å²) in [6.45, 7) is 0.356. The number of carbonyl (C=O) groups is 3. The summed E-state index contributed by atoms with van der Waals surface area (Å²) in [7, 11) is 0. The van der Waals surface area contributed by atoms with E-state index in [4.69, 9.17) is 5.11 Å². The highest BCUT2D eigenvalue weighted by atomic mass is 79.9. The van der Waals surface area contributed by atoms with Gasteiger partial charge >= 0.3 is 12.0 Å². The number of unbranched alkanes of at least 4 members (excludes halogenated alkanes) is 1. The quantitative estimate of drug-likeness (QED) is 0.649. The molecule has 110 valence electrons. The fourth-order valence-corrected chi connectivity index (χ4v) is 2.83. The first-order chi connectivity index (χ1) is 9.47. The Morgan fingerprint density at radius 2 is 1.90 bits per heavy atom. The van der Waals surface area contributed by atoms with Gasteiger partial charge in [-0.2, -0.15) is 0 Å². The molecule has 0 bridgehead atoms. The molecule has 1 aromatic heterocycles. The minimum absolute atomic E-state index is 0.0345. The van der Waals surface area contributed by atoms with Gasteiger partial charge in [0.15, 0.2) is 0 Å². The molecule has 1 rings (SSSR count). The molecule has 0 aliphatic rings. The van der Waals surface area contributed by atoms with E-state index in [1.807, 2.05) is 12.1 Å². The van der Waals surface area contributed by atoms with Crippen LogP contribution in [0.25, 0.3) is 0 Å². The number of aliphatic carboxylic acids is 1. The lowest BCUT2D eigenvalue weighted by atomic mass is 10.2. The second-order valence-electron chi connectivity index (χ2n) is 4.04. The van der Waals surface area contributed by atoms with Crippen molar-refractivity contribution in [1.29, 1.82) is 0 Å². The number of halogens is 1. The van der Waals surface area contributed by atoms with Crippen LogP contribution in [0.3, 0.4) is 0 Å². The number of amides is 3. The number of imide groups is 1. The predicted molar refractivity (Wildman–Crippen MR) is 78.5 cm³/mol. The second-order valence-corrected chi connectivity index (χ2v) is 6.59. The van der Waals surface area contributed by atoms with E-state index >= 15 is 0 Å². The third-order valence-electron chi connectivity index (χ3n) is 2.35. The van der Waals surface area contributed by atoms with E-state index in [0.717, 1.165) is 8.66 Å². The van der Waals surface area contributed by atoms with Crippen molar-refractivity contribution in [2.24, 2.45) is 0 Å². The molecule has 0 aliphatic heterocycles. The molecule has 8 heteroatoms. The van der Waals surface area contributed by atoms with Crippen molar-refractivity contribution in [2.75, 3.05) is 0 Å². The van der Waals surface area contributed by atoms with E-state index in [1.54, 1.807) is 0 Å². The Hall–Kier alpha value is -1.41. The van der Waals surface area contributed by atoms with Crippen LogP contribution in [0.5, 0.6) is 0 Å². The van der Waals surface area contributed by atoms with E-state index < -0.39 is 17.9 Å². The molecule has 0 aromatic carbocycles. The number of urea groups is 1. The first-order valence-electron chi connectivity index (χ1n) is 6.01. The Kier molecular flexibility index (Phi) is 7.24. The SMILES string of the molecule is O=C(O)CCCCC(=O)NC(=O)NCc1ccc(Br)s1. The van der Waals surface area contributed by atoms with Crippen molar-refractivity contribution in [3.8, 4) is 0 Å². The monoisotopic (exact) mass is 362 g/mol. The minimum Gasteiger partial charge on any atom is -0.481 e. The average molecular weight is 363 g/mol. The summed E-state index contributed by atoms with van der Waals surface area (Å²) in [6, 6.07) is 3.22. The second kappa shape index (κ2) is 8.70. The molecular weight excluding hydrogens is 348 g/mol. The van der Waals surface area contributed by atoms with Crippen LogP contribution in [0.2, 0.25) is 0 Å². The molecule has 3 N–H and O–H groups in total. The molecule has 0 atom stereocenters. The number of thiophene rings is 1. The number of carbonyl (C=O) groups excluding carboxylic acids is 2. The van der Waals surface area contributed by atoms with Crippen LogP contribution in [0.4, 0.5) is 4.79 Å². The summed E-state index contributed by atoms with van der Waals surface area (Å²) in [5, 5.41) is 13.2. The zero-order valence-electron chi connectivity index (χ0n) is 10.6. The van der Waals surface area contributed by atoms with Crippen LogP contribution in [0.1, 0.15) is 30.6 Å². The Bertz CT molecular complexity index is 490. The number of rotatable bonds is 7. The maximum absolute atomic E-state index is 11.4. The van der Waals surface area contributed by atoms with Gasteiger partial charge in [0.25, 0.3) is 0 Å².